The summed E-state index contributed by atoms with van der Waals surface area (Å²) in [6.07, 6.45) is 6.28. The third-order valence-electron chi connectivity index (χ3n) is 4.24. The quantitative estimate of drug-likeness (QED) is 0.781. The van der Waals surface area contributed by atoms with Crippen LogP contribution in [0.3, 0.4) is 0 Å². The van der Waals surface area contributed by atoms with Gasteiger partial charge in [-0.15, -0.1) is 0 Å². The first-order valence-corrected chi connectivity index (χ1v) is 9.19. The van der Waals surface area contributed by atoms with Gasteiger partial charge in [0.1, 0.15) is 6.04 Å². The second-order valence-electron chi connectivity index (χ2n) is 5.85. The van der Waals surface area contributed by atoms with E-state index in [-0.39, 0.29) is 11.9 Å². The smallest absolute Gasteiger partial charge is 0.238 e. The van der Waals surface area contributed by atoms with Crippen LogP contribution in [0.5, 0.6) is 0 Å². The van der Waals surface area contributed by atoms with E-state index in [1.807, 2.05) is 0 Å². The zero-order chi connectivity index (χ0) is 14.8. The van der Waals surface area contributed by atoms with E-state index >= 15 is 0 Å². The maximum Gasteiger partial charge on any atom is 0.238 e. The molecule has 116 valence electrons. The number of hydrogen-bond acceptors (Lipinski definition) is 4. The van der Waals surface area contributed by atoms with Crippen molar-refractivity contribution in [1.29, 1.82) is 0 Å². The third-order valence-corrected chi connectivity index (χ3v) is 5.53. The summed E-state index contributed by atoms with van der Waals surface area (Å²) in [6.45, 7) is 0.407. The van der Waals surface area contributed by atoms with Crippen molar-refractivity contribution in [1.82, 2.24) is 9.62 Å². The van der Waals surface area contributed by atoms with E-state index in [1.54, 1.807) is 0 Å². The molecule has 2 aliphatic rings. The predicted octanol–water partition coefficient (Wildman–Crippen LogP) is 0.220. The second-order valence-corrected chi connectivity index (χ2v) is 7.79. The highest BCUT2D eigenvalue weighted by Crippen LogP contribution is 2.22. The number of aliphatic hydroxyl groups is 1. The first-order valence-electron chi connectivity index (χ1n) is 7.35. The highest BCUT2D eigenvalue weighted by Gasteiger charge is 2.36. The molecule has 0 radical (unpaired) electrons. The summed E-state index contributed by atoms with van der Waals surface area (Å²) in [7, 11) is -3.36. The molecule has 1 heterocycles. The van der Waals surface area contributed by atoms with Crippen LogP contribution in [0.4, 0.5) is 0 Å². The fraction of sp³-hybridized carbons (Fsp3) is 0.923. The van der Waals surface area contributed by atoms with E-state index in [9.17, 15) is 18.3 Å². The molecule has 1 amide bonds. The van der Waals surface area contributed by atoms with Crippen LogP contribution in [0, 0.1) is 0 Å². The summed E-state index contributed by atoms with van der Waals surface area (Å²) in [5.41, 5.74) is 0. The second kappa shape index (κ2) is 6.41. The third kappa shape index (κ3) is 3.71. The fourth-order valence-electron chi connectivity index (χ4n) is 3.12. The molecular formula is C13H24N2O4S. The number of nitrogens with one attached hydrogen (secondary N) is 1. The van der Waals surface area contributed by atoms with Gasteiger partial charge in [0.25, 0.3) is 0 Å². The number of piperidine rings is 1. The average molecular weight is 304 g/mol. The Bertz CT molecular complexity index is 451. The van der Waals surface area contributed by atoms with E-state index in [0.717, 1.165) is 38.4 Å². The molecule has 20 heavy (non-hydrogen) atoms. The van der Waals surface area contributed by atoms with Crippen molar-refractivity contribution in [3.8, 4) is 0 Å². The highest BCUT2D eigenvalue weighted by atomic mass is 32.2. The zero-order valence-electron chi connectivity index (χ0n) is 11.9. The van der Waals surface area contributed by atoms with Gasteiger partial charge in [-0.25, -0.2) is 8.42 Å². The van der Waals surface area contributed by atoms with Crippen molar-refractivity contribution in [2.75, 3.05) is 12.8 Å². The minimum atomic E-state index is -3.36. The van der Waals surface area contributed by atoms with Crippen LogP contribution >= 0.6 is 0 Å². The van der Waals surface area contributed by atoms with Gasteiger partial charge in [-0.1, -0.05) is 19.3 Å². The van der Waals surface area contributed by atoms with E-state index in [0.29, 0.717) is 19.4 Å². The Morgan fingerprint density at radius 1 is 1.15 bits per heavy atom. The number of carbonyl (C=O) groups excluding carboxylic acids is 1. The minimum Gasteiger partial charge on any atom is -0.391 e. The van der Waals surface area contributed by atoms with Crippen LogP contribution in [0.25, 0.3) is 0 Å². The monoisotopic (exact) mass is 304 g/mol. The van der Waals surface area contributed by atoms with Crippen molar-refractivity contribution in [2.24, 2.45) is 0 Å². The van der Waals surface area contributed by atoms with Crippen LogP contribution in [0.15, 0.2) is 0 Å². The number of hydrogen-bond donors (Lipinski definition) is 2. The summed E-state index contributed by atoms with van der Waals surface area (Å²) < 4.78 is 24.8. The fourth-order valence-corrected chi connectivity index (χ4v) is 4.25. The van der Waals surface area contributed by atoms with Gasteiger partial charge in [-0.05, 0) is 25.7 Å². The standard InChI is InChI=1S/C13H24N2O4S/c1-20(18,19)15-9-5-4-7-11(15)13(17)14-10-6-2-3-8-12(10)16/h10-12,16H,2-9H2,1H3,(H,14,17)/t10-,11?,12-/m0/s1. The molecule has 0 aromatic carbocycles. The Morgan fingerprint density at radius 3 is 2.45 bits per heavy atom. The van der Waals surface area contributed by atoms with Crippen LogP contribution < -0.4 is 5.32 Å². The Hall–Kier alpha value is -0.660. The molecule has 1 aliphatic carbocycles. The Morgan fingerprint density at radius 2 is 1.80 bits per heavy atom. The molecule has 2 fully saturated rings. The molecule has 6 nitrogen and oxygen atoms in total. The summed E-state index contributed by atoms with van der Waals surface area (Å²) in [4.78, 5) is 12.3. The lowest BCUT2D eigenvalue weighted by Crippen LogP contribution is -2.55. The number of rotatable bonds is 3. The van der Waals surface area contributed by atoms with Gasteiger partial charge in [0.15, 0.2) is 0 Å². The molecule has 1 saturated heterocycles. The normalized spacial score (nSPS) is 32.8. The van der Waals surface area contributed by atoms with Gasteiger partial charge in [0.05, 0.1) is 18.4 Å². The van der Waals surface area contributed by atoms with Gasteiger partial charge in [-0.2, -0.15) is 4.31 Å². The maximum absolute atomic E-state index is 12.3. The maximum atomic E-state index is 12.3. The first kappa shape index (κ1) is 15.7. The number of amides is 1. The van der Waals surface area contributed by atoms with Gasteiger partial charge in [0.2, 0.25) is 15.9 Å². The van der Waals surface area contributed by atoms with Crippen LogP contribution in [-0.2, 0) is 14.8 Å². The van der Waals surface area contributed by atoms with Crippen molar-refractivity contribution in [3.05, 3.63) is 0 Å². The molecule has 0 spiro atoms. The topological polar surface area (TPSA) is 86.7 Å². The molecule has 0 aromatic heterocycles. The van der Waals surface area contributed by atoms with Crippen molar-refractivity contribution in [2.45, 2.75) is 63.1 Å². The van der Waals surface area contributed by atoms with Crippen molar-refractivity contribution in [3.63, 3.8) is 0 Å². The summed E-state index contributed by atoms with van der Waals surface area (Å²) in [5.74, 6) is -0.263. The van der Waals surface area contributed by atoms with Gasteiger partial charge < -0.3 is 10.4 Å². The molecule has 7 heteroatoms. The lowest BCUT2D eigenvalue weighted by atomic mass is 9.92. The number of nitrogens with zero attached hydrogens (tertiary/aromatic N) is 1. The average Bonchev–Trinajstić information content (AvgIpc) is 2.40. The predicted molar refractivity (Wildman–Crippen MR) is 75.6 cm³/mol. The van der Waals surface area contributed by atoms with Gasteiger partial charge in [-0.3, -0.25) is 4.79 Å². The molecule has 1 unspecified atom stereocenters. The molecule has 1 aliphatic heterocycles. The van der Waals surface area contributed by atoms with E-state index in [1.165, 1.54) is 4.31 Å². The van der Waals surface area contributed by atoms with E-state index < -0.39 is 22.2 Å². The molecule has 3 atom stereocenters. The molecule has 1 saturated carbocycles. The largest absolute Gasteiger partial charge is 0.391 e. The Kier molecular flexibility index (Phi) is 5.04. The molecule has 2 rings (SSSR count). The lowest BCUT2D eigenvalue weighted by Gasteiger charge is -2.35. The molecule has 0 bridgehead atoms. The van der Waals surface area contributed by atoms with Gasteiger partial charge in [0, 0.05) is 6.54 Å². The van der Waals surface area contributed by atoms with Crippen LogP contribution in [0.1, 0.15) is 44.9 Å². The lowest BCUT2D eigenvalue weighted by molar-refractivity contribution is -0.127. The summed E-state index contributed by atoms with van der Waals surface area (Å²) >= 11 is 0. The summed E-state index contributed by atoms with van der Waals surface area (Å²) in [5, 5.41) is 12.7. The number of sulfonamides is 1. The molecular weight excluding hydrogens is 280 g/mol. The van der Waals surface area contributed by atoms with Crippen molar-refractivity contribution < 1.29 is 18.3 Å². The highest BCUT2D eigenvalue weighted by molar-refractivity contribution is 7.88. The van der Waals surface area contributed by atoms with E-state index in [4.69, 9.17) is 0 Å². The number of carbonyl (C=O) groups is 1. The number of aliphatic hydroxyl groups excluding tert-OH is 1. The SMILES string of the molecule is CS(=O)(=O)N1CCCCC1C(=O)N[C@H]1CCCC[C@@H]1O. The summed E-state index contributed by atoms with van der Waals surface area (Å²) in [6, 6.07) is -0.854. The zero-order valence-corrected chi connectivity index (χ0v) is 12.7. The van der Waals surface area contributed by atoms with Gasteiger partial charge >= 0.3 is 0 Å². The molecule has 2 N–H and O–H groups in total. The Labute approximate surface area is 120 Å². The van der Waals surface area contributed by atoms with Crippen LogP contribution in [0.2, 0.25) is 0 Å². The minimum absolute atomic E-state index is 0.236. The van der Waals surface area contributed by atoms with E-state index in [2.05, 4.69) is 5.32 Å². The molecule has 0 aromatic rings. The first-order chi connectivity index (χ1) is 9.39. The Balaban J connectivity index is 2.02. The van der Waals surface area contributed by atoms with Crippen LogP contribution in [-0.4, -0.2) is 54.7 Å². The van der Waals surface area contributed by atoms with Crippen molar-refractivity contribution >= 4 is 15.9 Å².